The second-order valence-corrected chi connectivity index (χ2v) is 9.96. The number of aromatic nitrogens is 4. The lowest BCUT2D eigenvalue weighted by molar-refractivity contribution is -0.133. The smallest absolute Gasteiger partial charge is 0.236 e. The molecule has 4 heterocycles. The average Bonchev–Trinajstić information content (AvgIpc) is 3.26. The van der Waals surface area contributed by atoms with Crippen molar-refractivity contribution in [2.45, 2.75) is 51.0 Å². The summed E-state index contributed by atoms with van der Waals surface area (Å²) in [5.41, 5.74) is 0.821. The third kappa shape index (κ3) is 5.01. The molecule has 0 radical (unpaired) electrons. The van der Waals surface area contributed by atoms with E-state index in [1.54, 1.807) is 11.0 Å². The molecule has 2 amide bonds. The standard InChI is InChI=1S/C24H36N8O2/c1-29-22-20(15-27-29)23(26-17-25-22)32-13-11-31(12-14-32)21(33)16-30-9-7-19(8-10-30)28-24(34)18-5-3-2-4-6-18/h15,17-19H,2-14,16H2,1H3,(H,28,34). The number of hydrogen-bond acceptors (Lipinski definition) is 7. The Labute approximate surface area is 200 Å². The van der Waals surface area contributed by atoms with Gasteiger partial charge in [0, 0.05) is 58.3 Å². The highest BCUT2D eigenvalue weighted by Gasteiger charge is 2.28. The molecule has 10 heteroatoms. The summed E-state index contributed by atoms with van der Waals surface area (Å²) in [5.74, 6) is 1.55. The zero-order valence-electron chi connectivity index (χ0n) is 20.2. The van der Waals surface area contributed by atoms with Crippen LogP contribution in [-0.2, 0) is 16.6 Å². The van der Waals surface area contributed by atoms with Crippen LogP contribution in [0, 0.1) is 5.92 Å². The molecule has 0 aromatic carbocycles. The first kappa shape index (κ1) is 23.0. The van der Waals surface area contributed by atoms with E-state index >= 15 is 0 Å². The molecule has 2 aliphatic heterocycles. The number of nitrogens with one attached hydrogen (secondary N) is 1. The topological polar surface area (TPSA) is 99.5 Å². The third-order valence-electron chi connectivity index (χ3n) is 7.71. The van der Waals surface area contributed by atoms with Gasteiger partial charge in [0.25, 0.3) is 0 Å². The number of piperidine rings is 1. The first-order valence-electron chi connectivity index (χ1n) is 12.8. The number of carbonyl (C=O) groups is 2. The summed E-state index contributed by atoms with van der Waals surface area (Å²) in [4.78, 5) is 40.7. The van der Waals surface area contributed by atoms with Crippen molar-refractivity contribution in [3.05, 3.63) is 12.5 Å². The van der Waals surface area contributed by atoms with Crippen LogP contribution in [0.15, 0.2) is 12.5 Å². The van der Waals surface area contributed by atoms with Gasteiger partial charge in [-0.05, 0) is 25.7 Å². The Bertz CT molecular complexity index is 1000. The molecule has 1 N–H and O–H groups in total. The van der Waals surface area contributed by atoms with Gasteiger partial charge in [0.2, 0.25) is 11.8 Å². The fourth-order valence-electron chi connectivity index (χ4n) is 5.58. The Morgan fingerprint density at radius 3 is 2.44 bits per heavy atom. The van der Waals surface area contributed by atoms with Crippen LogP contribution < -0.4 is 10.2 Å². The molecule has 1 saturated carbocycles. The molecular formula is C24H36N8O2. The Morgan fingerprint density at radius 2 is 1.71 bits per heavy atom. The Hall–Kier alpha value is -2.75. The Morgan fingerprint density at radius 1 is 0.971 bits per heavy atom. The number of anilines is 1. The van der Waals surface area contributed by atoms with Gasteiger partial charge in [0.15, 0.2) is 5.65 Å². The second kappa shape index (κ2) is 10.2. The molecule has 0 spiro atoms. The van der Waals surface area contributed by atoms with Crippen LogP contribution in [0.1, 0.15) is 44.9 Å². The predicted molar refractivity (Wildman–Crippen MR) is 129 cm³/mol. The van der Waals surface area contributed by atoms with Gasteiger partial charge in [-0.2, -0.15) is 5.10 Å². The van der Waals surface area contributed by atoms with E-state index in [4.69, 9.17) is 0 Å². The fourth-order valence-corrected chi connectivity index (χ4v) is 5.58. The Kier molecular flexibility index (Phi) is 6.94. The quantitative estimate of drug-likeness (QED) is 0.703. The number of carbonyl (C=O) groups excluding carboxylic acids is 2. The maximum absolute atomic E-state index is 12.9. The summed E-state index contributed by atoms with van der Waals surface area (Å²) in [6.07, 6.45) is 10.9. The third-order valence-corrected chi connectivity index (χ3v) is 7.71. The molecule has 1 aliphatic carbocycles. The highest BCUT2D eigenvalue weighted by atomic mass is 16.2. The van der Waals surface area contributed by atoms with E-state index in [9.17, 15) is 9.59 Å². The molecule has 10 nitrogen and oxygen atoms in total. The van der Waals surface area contributed by atoms with E-state index in [-0.39, 0.29) is 23.8 Å². The molecule has 0 bridgehead atoms. The first-order chi connectivity index (χ1) is 16.6. The number of fused-ring (bicyclic) bond motifs is 1. The van der Waals surface area contributed by atoms with Gasteiger partial charge >= 0.3 is 0 Å². The number of aryl methyl sites for hydroxylation is 1. The zero-order chi connectivity index (χ0) is 23.5. The monoisotopic (exact) mass is 468 g/mol. The minimum Gasteiger partial charge on any atom is -0.353 e. The van der Waals surface area contributed by atoms with Gasteiger partial charge < -0.3 is 15.1 Å². The Balaban J connectivity index is 1.06. The van der Waals surface area contributed by atoms with E-state index in [2.05, 4.69) is 30.2 Å². The van der Waals surface area contributed by atoms with Gasteiger partial charge in [0.1, 0.15) is 12.1 Å². The van der Waals surface area contributed by atoms with Gasteiger partial charge in [-0.1, -0.05) is 19.3 Å². The largest absolute Gasteiger partial charge is 0.353 e. The minimum absolute atomic E-state index is 0.193. The highest BCUT2D eigenvalue weighted by molar-refractivity contribution is 5.87. The van der Waals surface area contributed by atoms with E-state index in [1.165, 1.54) is 19.3 Å². The van der Waals surface area contributed by atoms with Crippen molar-refractivity contribution in [1.82, 2.24) is 34.9 Å². The molecule has 2 aromatic heterocycles. The molecule has 184 valence electrons. The average molecular weight is 469 g/mol. The molecular weight excluding hydrogens is 432 g/mol. The van der Waals surface area contributed by atoms with Crippen molar-refractivity contribution in [2.24, 2.45) is 13.0 Å². The SMILES string of the molecule is Cn1ncc2c(N3CCN(C(=O)CN4CCC(NC(=O)C5CCCCC5)CC4)CC3)ncnc21. The van der Waals surface area contributed by atoms with Crippen molar-refractivity contribution >= 4 is 28.7 Å². The maximum Gasteiger partial charge on any atom is 0.236 e. The summed E-state index contributed by atoms with van der Waals surface area (Å²) in [6.45, 7) is 5.08. The number of amides is 2. The van der Waals surface area contributed by atoms with Crippen molar-refractivity contribution in [1.29, 1.82) is 0 Å². The lowest BCUT2D eigenvalue weighted by Crippen LogP contribution is -2.53. The van der Waals surface area contributed by atoms with Crippen LogP contribution in [0.4, 0.5) is 5.82 Å². The van der Waals surface area contributed by atoms with Crippen molar-refractivity contribution in [2.75, 3.05) is 50.7 Å². The molecule has 2 saturated heterocycles. The molecule has 0 atom stereocenters. The number of likely N-dealkylation sites (tertiary alicyclic amines) is 1. The number of nitrogens with zero attached hydrogens (tertiary/aromatic N) is 7. The normalized spacial score (nSPS) is 21.2. The van der Waals surface area contributed by atoms with Crippen LogP contribution in [0.25, 0.3) is 11.0 Å². The van der Waals surface area contributed by atoms with E-state index < -0.39 is 0 Å². The highest BCUT2D eigenvalue weighted by Crippen LogP contribution is 2.25. The molecule has 3 aliphatic rings. The zero-order valence-corrected chi connectivity index (χ0v) is 20.2. The maximum atomic E-state index is 12.9. The minimum atomic E-state index is 0.193. The summed E-state index contributed by atoms with van der Waals surface area (Å²) >= 11 is 0. The van der Waals surface area contributed by atoms with Crippen LogP contribution in [0.3, 0.4) is 0 Å². The second-order valence-electron chi connectivity index (χ2n) is 9.96. The van der Waals surface area contributed by atoms with E-state index in [0.717, 1.165) is 68.7 Å². The van der Waals surface area contributed by atoms with Gasteiger partial charge in [0.05, 0.1) is 18.1 Å². The lowest BCUT2D eigenvalue weighted by Gasteiger charge is -2.38. The molecule has 2 aromatic rings. The van der Waals surface area contributed by atoms with E-state index in [0.29, 0.717) is 19.6 Å². The van der Waals surface area contributed by atoms with Gasteiger partial charge in [-0.3, -0.25) is 19.2 Å². The predicted octanol–water partition coefficient (Wildman–Crippen LogP) is 1.17. The van der Waals surface area contributed by atoms with Gasteiger partial charge in [-0.25, -0.2) is 9.97 Å². The van der Waals surface area contributed by atoms with Crippen LogP contribution >= 0.6 is 0 Å². The summed E-state index contributed by atoms with van der Waals surface area (Å²) in [6, 6.07) is 0.251. The fraction of sp³-hybridized carbons (Fsp3) is 0.708. The van der Waals surface area contributed by atoms with Gasteiger partial charge in [-0.15, -0.1) is 0 Å². The van der Waals surface area contributed by atoms with Crippen LogP contribution in [0.5, 0.6) is 0 Å². The first-order valence-corrected chi connectivity index (χ1v) is 12.8. The van der Waals surface area contributed by atoms with E-state index in [1.807, 2.05) is 18.1 Å². The van der Waals surface area contributed by atoms with Crippen molar-refractivity contribution in [3.63, 3.8) is 0 Å². The molecule has 3 fully saturated rings. The van der Waals surface area contributed by atoms with Crippen LogP contribution in [0.2, 0.25) is 0 Å². The summed E-state index contributed by atoms with van der Waals surface area (Å²) < 4.78 is 1.75. The summed E-state index contributed by atoms with van der Waals surface area (Å²) in [5, 5.41) is 8.52. The van der Waals surface area contributed by atoms with Crippen molar-refractivity contribution in [3.8, 4) is 0 Å². The lowest BCUT2D eigenvalue weighted by atomic mass is 9.88. The summed E-state index contributed by atoms with van der Waals surface area (Å²) in [7, 11) is 1.88. The molecule has 0 unspecified atom stereocenters. The molecule has 5 rings (SSSR count). The molecule has 34 heavy (non-hydrogen) atoms. The number of piperazine rings is 1. The number of hydrogen-bond donors (Lipinski definition) is 1. The van der Waals surface area contributed by atoms with Crippen LogP contribution in [-0.4, -0.2) is 93.2 Å². The van der Waals surface area contributed by atoms with Crippen molar-refractivity contribution < 1.29 is 9.59 Å². The number of rotatable bonds is 5.